The fourth-order valence-corrected chi connectivity index (χ4v) is 2.10. The second kappa shape index (κ2) is 10.5. The highest BCUT2D eigenvalue weighted by Crippen LogP contribution is 2.18. The highest BCUT2D eigenvalue weighted by molar-refractivity contribution is 5.84. The number of guanidine groups is 1. The normalized spacial score (nSPS) is 11.0. The Morgan fingerprint density at radius 2 is 2.00 bits per heavy atom. The molecule has 0 aliphatic rings. The molecule has 23 heavy (non-hydrogen) atoms. The average Bonchev–Trinajstić information content (AvgIpc) is 2.57. The molecule has 1 aromatic rings. The largest absolute Gasteiger partial charge is 0.496 e. The summed E-state index contributed by atoms with van der Waals surface area (Å²) in [6.45, 7) is 6.22. The molecule has 0 atom stereocenters. The lowest BCUT2D eigenvalue weighted by Gasteiger charge is -2.23. The van der Waals surface area contributed by atoms with Gasteiger partial charge in [-0.25, -0.2) is 4.99 Å². The molecule has 128 valence electrons. The van der Waals surface area contributed by atoms with E-state index in [-0.39, 0.29) is 12.5 Å². The molecule has 0 aliphatic carbocycles. The fourth-order valence-electron chi connectivity index (χ4n) is 2.10. The summed E-state index contributed by atoms with van der Waals surface area (Å²) in [7, 11) is 3.61. The molecule has 2 N–H and O–H groups in total. The van der Waals surface area contributed by atoms with Crippen LogP contribution in [0.2, 0.25) is 0 Å². The summed E-state index contributed by atoms with van der Waals surface area (Å²) in [5.74, 6) is 1.48. The monoisotopic (exact) mass is 320 g/mol. The number of benzene rings is 1. The second-order valence-corrected chi connectivity index (χ2v) is 5.19. The van der Waals surface area contributed by atoms with Crippen LogP contribution < -0.4 is 15.4 Å². The van der Waals surface area contributed by atoms with Crippen molar-refractivity contribution in [3.63, 3.8) is 0 Å². The first-order chi connectivity index (χ1) is 11.1. The van der Waals surface area contributed by atoms with Crippen LogP contribution in [0.4, 0.5) is 0 Å². The number of hydrogen-bond acceptors (Lipinski definition) is 3. The Hall–Kier alpha value is -2.24. The van der Waals surface area contributed by atoms with E-state index in [4.69, 9.17) is 4.74 Å². The van der Waals surface area contributed by atoms with Gasteiger partial charge in [0, 0.05) is 32.2 Å². The maximum Gasteiger partial charge on any atom is 0.241 e. The van der Waals surface area contributed by atoms with Gasteiger partial charge in [0.2, 0.25) is 5.91 Å². The number of methoxy groups -OCH3 is 1. The first-order valence-corrected chi connectivity index (χ1v) is 8.00. The van der Waals surface area contributed by atoms with Gasteiger partial charge in [0.1, 0.15) is 12.3 Å². The third kappa shape index (κ3) is 6.59. The minimum Gasteiger partial charge on any atom is -0.496 e. The maximum atomic E-state index is 11.7. The molecular formula is C17H28N4O2. The molecule has 0 spiro atoms. The van der Waals surface area contributed by atoms with Crippen LogP contribution in [0.15, 0.2) is 29.3 Å². The molecule has 0 aromatic heterocycles. The minimum absolute atomic E-state index is 0.0621. The lowest BCUT2D eigenvalue weighted by Crippen LogP contribution is -2.39. The number of rotatable bonds is 8. The highest BCUT2D eigenvalue weighted by atomic mass is 16.5. The fraction of sp³-hybridized carbons (Fsp3) is 0.529. The summed E-state index contributed by atoms with van der Waals surface area (Å²) in [5.41, 5.74) is 1.07. The van der Waals surface area contributed by atoms with Crippen molar-refractivity contribution >= 4 is 11.9 Å². The van der Waals surface area contributed by atoms with Crippen LogP contribution in [0.25, 0.3) is 0 Å². The van der Waals surface area contributed by atoms with Crippen molar-refractivity contribution in [3.8, 4) is 5.75 Å². The van der Waals surface area contributed by atoms with Gasteiger partial charge in [-0.2, -0.15) is 0 Å². The molecule has 1 rings (SSSR count). The van der Waals surface area contributed by atoms with E-state index in [1.165, 1.54) is 0 Å². The number of carbonyl (C=O) groups excluding carboxylic acids is 1. The van der Waals surface area contributed by atoms with Gasteiger partial charge in [0.25, 0.3) is 0 Å². The molecule has 0 fully saturated rings. The van der Waals surface area contributed by atoms with Crippen molar-refractivity contribution in [3.05, 3.63) is 29.8 Å². The summed E-state index contributed by atoms with van der Waals surface area (Å²) in [6.07, 6.45) is 0.920. The van der Waals surface area contributed by atoms with Gasteiger partial charge < -0.3 is 20.3 Å². The first-order valence-electron chi connectivity index (χ1n) is 8.00. The van der Waals surface area contributed by atoms with Crippen molar-refractivity contribution in [2.45, 2.75) is 26.8 Å². The number of para-hydroxylation sites is 1. The zero-order valence-electron chi connectivity index (χ0n) is 14.6. The van der Waals surface area contributed by atoms with Gasteiger partial charge in [0.15, 0.2) is 5.96 Å². The number of nitrogens with one attached hydrogen (secondary N) is 2. The average molecular weight is 320 g/mol. The predicted octanol–water partition coefficient (Wildman–Crippen LogP) is 1.62. The minimum atomic E-state index is -0.0621. The standard InChI is InChI=1S/C17H28N4O2/c1-5-11-19-16(22)12-20-17(18-6-2)21(3)13-14-9-7-8-10-15(14)23-4/h7-10H,5-6,11-13H2,1-4H3,(H,18,20)(H,19,22). The number of ether oxygens (including phenoxy) is 1. The van der Waals surface area contributed by atoms with Gasteiger partial charge in [-0.05, 0) is 19.4 Å². The predicted molar refractivity (Wildman–Crippen MR) is 93.7 cm³/mol. The summed E-state index contributed by atoms with van der Waals surface area (Å²) in [4.78, 5) is 18.1. The highest BCUT2D eigenvalue weighted by Gasteiger charge is 2.10. The topological polar surface area (TPSA) is 66.0 Å². The maximum absolute atomic E-state index is 11.7. The summed E-state index contributed by atoms with van der Waals surface area (Å²) in [5, 5.41) is 6.03. The molecule has 1 amide bonds. The third-order valence-electron chi connectivity index (χ3n) is 3.24. The summed E-state index contributed by atoms with van der Waals surface area (Å²) >= 11 is 0. The van der Waals surface area contributed by atoms with Crippen molar-refractivity contribution in [2.75, 3.05) is 33.8 Å². The van der Waals surface area contributed by atoms with Gasteiger partial charge in [-0.3, -0.25) is 4.79 Å². The van der Waals surface area contributed by atoms with E-state index >= 15 is 0 Å². The third-order valence-corrected chi connectivity index (χ3v) is 3.24. The van der Waals surface area contributed by atoms with E-state index in [1.807, 2.05) is 50.1 Å². The van der Waals surface area contributed by atoms with Crippen LogP contribution in [-0.4, -0.2) is 50.6 Å². The SMILES string of the molecule is CCCNC(=O)CN=C(NCC)N(C)Cc1ccccc1OC. The van der Waals surface area contributed by atoms with Crippen molar-refractivity contribution in [1.29, 1.82) is 0 Å². The number of nitrogens with zero attached hydrogens (tertiary/aromatic N) is 2. The van der Waals surface area contributed by atoms with Crippen molar-refractivity contribution in [2.24, 2.45) is 4.99 Å². The molecule has 0 saturated heterocycles. The van der Waals surface area contributed by atoms with Gasteiger partial charge in [-0.1, -0.05) is 25.1 Å². The Morgan fingerprint density at radius 3 is 2.65 bits per heavy atom. The lowest BCUT2D eigenvalue weighted by molar-refractivity contribution is -0.119. The van der Waals surface area contributed by atoms with Crippen molar-refractivity contribution in [1.82, 2.24) is 15.5 Å². The molecule has 0 saturated carbocycles. The number of hydrogen-bond donors (Lipinski definition) is 2. The molecule has 0 unspecified atom stereocenters. The Morgan fingerprint density at radius 1 is 1.26 bits per heavy atom. The number of aliphatic imine (C=N–C) groups is 1. The molecule has 1 aromatic carbocycles. The second-order valence-electron chi connectivity index (χ2n) is 5.19. The van der Waals surface area contributed by atoms with Crippen LogP contribution >= 0.6 is 0 Å². The number of carbonyl (C=O) groups is 1. The van der Waals surface area contributed by atoms with E-state index in [1.54, 1.807) is 7.11 Å². The Balaban J connectivity index is 2.73. The molecule has 0 aliphatic heterocycles. The van der Waals surface area contributed by atoms with Crippen LogP contribution in [0.1, 0.15) is 25.8 Å². The van der Waals surface area contributed by atoms with Crippen LogP contribution in [0.3, 0.4) is 0 Å². The molecule has 0 radical (unpaired) electrons. The van der Waals surface area contributed by atoms with Crippen LogP contribution in [0, 0.1) is 0 Å². The van der Waals surface area contributed by atoms with E-state index < -0.39 is 0 Å². The summed E-state index contributed by atoms with van der Waals surface area (Å²) < 4.78 is 5.38. The number of amides is 1. The molecule has 0 heterocycles. The molecular weight excluding hydrogens is 292 g/mol. The van der Waals surface area contributed by atoms with E-state index in [2.05, 4.69) is 15.6 Å². The van der Waals surface area contributed by atoms with Crippen LogP contribution in [-0.2, 0) is 11.3 Å². The Labute approximate surface area is 138 Å². The van der Waals surface area contributed by atoms with E-state index in [0.29, 0.717) is 19.0 Å². The smallest absolute Gasteiger partial charge is 0.241 e. The Kier molecular flexibility index (Phi) is 8.57. The molecule has 6 nitrogen and oxygen atoms in total. The van der Waals surface area contributed by atoms with Gasteiger partial charge in [-0.15, -0.1) is 0 Å². The van der Waals surface area contributed by atoms with Crippen molar-refractivity contribution < 1.29 is 9.53 Å². The van der Waals surface area contributed by atoms with Gasteiger partial charge in [0.05, 0.1) is 7.11 Å². The zero-order chi connectivity index (χ0) is 17.1. The summed E-state index contributed by atoms with van der Waals surface area (Å²) in [6, 6.07) is 7.88. The van der Waals surface area contributed by atoms with E-state index in [9.17, 15) is 4.79 Å². The quantitative estimate of drug-likeness (QED) is 0.564. The lowest BCUT2D eigenvalue weighted by atomic mass is 10.2. The molecule has 6 heteroatoms. The van der Waals surface area contributed by atoms with Gasteiger partial charge >= 0.3 is 0 Å². The Bertz CT molecular complexity index is 517. The zero-order valence-corrected chi connectivity index (χ0v) is 14.6. The molecule has 0 bridgehead atoms. The van der Waals surface area contributed by atoms with E-state index in [0.717, 1.165) is 24.3 Å². The first kappa shape index (κ1) is 18.8. The van der Waals surface area contributed by atoms with Crippen LogP contribution in [0.5, 0.6) is 5.75 Å².